The van der Waals surface area contributed by atoms with Gasteiger partial charge in [0.1, 0.15) is 10.8 Å². The van der Waals surface area contributed by atoms with E-state index in [1.165, 1.54) is 11.3 Å². The second kappa shape index (κ2) is 9.31. The fourth-order valence-corrected chi connectivity index (χ4v) is 5.10. The highest BCUT2D eigenvalue weighted by molar-refractivity contribution is 7.17. The van der Waals surface area contributed by atoms with Crippen molar-refractivity contribution in [2.24, 2.45) is 5.73 Å². The van der Waals surface area contributed by atoms with Gasteiger partial charge in [-0.2, -0.15) is 0 Å². The fourth-order valence-electron chi connectivity index (χ4n) is 3.79. The minimum atomic E-state index is -0.572. The van der Waals surface area contributed by atoms with Crippen LogP contribution in [0.3, 0.4) is 0 Å². The van der Waals surface area contributed by atoms with E-state index >= 15 is 0 Å². The largest absolute Gasteiger partial charge is 0.456 e. The Morgan fingerprint density at radius 1 is 1.22 bits per heavy atom. The number of nitrogens with two attached hydrogens (primary N) is 1. The lowest BCUT2D eigenvalue weighted by Gasteiger charge is -2.07. The predicted molar refractivity (Wildman–Crippen MR) is 120 cm³/mol. The number of ether oxygens (including phenoxy) is 1. The maximum Gasteiger partial charge on any atom is 0.306 e. The van der Waals surface area contributed by atoms with Crippen molar-refractivity contribution in [3.63, 3.8) is 0 Å². The molecule has 0 atom stereocenters. The standard InChI is InChI=1S/C22H22N4O5S/c23-20(29)19-13-6-3-8-15(13)32-22(19)26-17(27)11-31-18(28)10-4-9-16-24-14-7-2-1-5-12(14)21(30)25-16/h1-2,5,7H,3-4,6,8-11H2,(H2,23,29)(H,26,27)(H,24,25,30). The summed E-state index contributed by atoms with van der Waals surface area (Å²) in [6.45, 7) is -0.454. The minimum Gasteiger partial charge on any atom is -0.456 e. The van der Waals surface area contributed by atoms with E-state index in [0.717, 1.165) is 29.7 Å². The van der Waals surface area contributed by atoms with Gasteiger partial charge in [-0.15, -0.1) is 11.3 Å². The number of aromatic nitrogens is 2. The third-order valence-electron chi connectivity index (χ3n) is 5.24. The molecule has 0 bridgehead atoms. The highest BCUT2D eigenvalue weighted by Gasteiger charge is 2.26. The van der Waals surface area contributed by atoms with Crippen molar-refractivity contribution in [3.8, 4) is 0 Å². The zero-order chi connectivity index (χ0) is 22.7. The molecule has 4 N–H and O–H groups in total. The quantitative estimate of drug-likeness (QED) is 0.445. The molecule has 2 amide bonds. The molecular formula is C22H22N4O5S. The van der Waals surface area contributed by atoms with Crippen LogP contribution in [0.2, 0.25) is 0 Å². The number of H-pyrrole nitrogens is 1. The summed E-state index contributed by atoms with van der Waals surface area (Å²) in [5, 5.41) is 3.56. The summed E-state index contributed by atoms with van der Waals surface area (Å²) < 4.78 is 5.03. The van der Waals surface area contributed by atoms with E-state index < -0.39 is 24.4 Å². The van der Waals surface area contributed by atoms with Crippen LogP contribution in [0, 0.1) is 0 Å². The number of amides is 2. The fraction of sp³-hybridized carbons (Fsp3) is 0.318. The molecule has 9 nitrogen and oxygen atoms in total. The Hall–Kier alpha value is -3.53. The zero-order valence-corrected chi connectivity index (χ0v) is 18.0. The summed E-state index contributed by atoms with van der Waals surface area (Å²) in [4.78, 5) is 56.2. The molecule has 2 heterocycles. The summed E-state index contributed by atoms with van der Waals surface area (Å²) in [6, 6.07) is 7.03. The first-order valence-corrected chi connectivity index (χ1v) is 11.1. The summed E-state index contributed by atoms with van der Waals surface area (Å²) in [6.07, 6.45) is 3.48. The monoisotopic (exact) mass is 454 g/mol. The number of carbonyl (C=O) groups excluding carboxylic acids is 3. The van der Waals surface area contributed by atoms with Crippen LogP contribution in [0.15, 0.2) is 29.1 Å². The van der Waals surface area contributed by atoms with Gasteiger partial charge in [-0.05, 0) is 43.4 Å². The molecule has 0 radical (unpaired) electrons. The zero-order valence-electron chi connectivity index (χ0n) is 17.2. The lowest BCUT2D eigenvalue weighted by Crippen LogP contribution is -2.22. The molecule has 0 unspecified atom stereocenters. The number of fused-ring (bicyclic) bond motifs is 2. The van der Waals surface area contributed by atoms with Crippen LogP contribution in [0.4, 0.5) is 5.00 Å². The Bertz CT molecular complexity index is 1260. The topological polar surface area (TPSA) is 144 Å². The van der Waals surface area contributed by atoms with Gasteiger partial charge >= 0.3 is 5.97 Å². The Morgan fingerprint density at radius 2 is 2.03 bits per heavy atom. The Kier molecular flexibility index (Phi) is 6.31. The highest BCUT2D eigenvalue weighted by Crippen LogP contribution is 2.38. The molecule has 2 aromatic heterocycles. The number of aromatic amines is 1. The number of para-hydroxylation sites is 1. The molecule has 1 aromatic carbocycles. The van der Waals surface area contributed by atoms with Crippen LogP contribution in [0.5, 0.6) is 0 Å². The van der Waals surface area contributed by atoms with Gasteiger partial charge in [-0.3, -0.25) is 19.2 Å². The van der Waals surface area contributed by atoms with E-state index in [1.54, 1.807) is 24.3 Å². The van der Waals surface area contributed by atoms with Crippen molar-refractivity contribution in [1.82, 2.24) is 9.97 Å². The molecule has 0 saturated heterocycles. The number of carbonyl (C=O) groups is 3. The van der Waals surface area contributed by atoms with Gasteiger partial charge in [-0.25, -0.2) is 4.98 Å². The molecule has 4 rings (SSSR count). The van der Waals surface area contributed by atoms with E-state index in [4.69, 9.17) is 10.5 Å². The second-order valence-corrected chi connectivity index (χ2v) is 8.62. The van der Waals surface area contributed by atoms with Crippen molar-refractivity contribution in [3.05, 3.63) is 56.4 Å². The molecule has 0 saturated carbocycles. The van der Waals surface area contributed by atoms with Gasteiger partial charge < -0.3 is 20.8 Å². The molecule has 166 valence electrons. The number of esters is 1. The van der Waals surface area contributed by atoms with Gasteiger partial charge in [0, 0.05) is 17.7 Å². The number of anilines is 1. The third-order valence-corrected chi connectivity index (χ3v) is 6.45. The van der Waals surface area contributed by atoms with Crippen molar-refractivity contribution in [2.45, 2.75) is 38.5 Å². The third kappa shape index (κ3) is 4.70. The molecular weight excluding hydrogens is 432 g/mol. The van der Waals surface area contributed by atoms with Crippen molar-refractivity contribution in [2.75, 3.05) is 11.9 Å². The predicted octanol–water partition coefficient (Wildman–Crippen LogP) is 2.08. The average molecular weight is 455 g/mol. The van der Waals surface area contributed by atoms with Gasteiger partial charge in [0.2, 0.25) is 0 Å². The summed E-state index contributed by atoms with van der Waals surface area (Å²) in [7, 11) is 0. The van der Waals surface area contributed by atoms with Crippen LogP contribution in [0.1, 0.15) is 45.9 Å². The van der Waals surface area contributed by atoms with Crippen molar-refractivity contribution in [1.29, 1.82) is 0 Å². The molecule has 0 fully saturated rings. The molecule has 1 aliphatic carbocycles. The molecule has 0 aliphatic heterocycles. The average Bonchev–Trinajstić information content (AvgIpc) is 3.33. The van der Waals surface area contributed by atoms with Crippen LogP contribution >= 0.6 is 11.3 Å². The molecule has 3 aromatic rings. The molecule has 0 spiro atoms. The lowest BCUT2D eigenvalue weighted by molar-refractivity contribution is -0.147. The first-order valence-electron chi connectivity index (χ1n) is 10.3. The summed E-state index contributed by atoms with van der Waals surface area (Å²) >= 11 is 1.34. The number of thiophene rings is 1. The van der Waals surface area contributed by atoms with E-state index in [2.05, 4.69) is 15.3 Å². The Balaban J connectivity index is 1.25. The number of primary amides is 1. The van der Waals surface area contributed by atoms with Gasteiger partial charge in [0.25, 0.3) is 17.4 Å². The Labute approximate surface area is 187 Å². The van der Waals surface area contributed by atoms with E-state index in [0.29, 0.717) is 40.1 Å². The van der Waals surface area contributed by atoms with Gasteiger partial charge in [0.15, 0.2) is 6.61 Å². The maximum absolute atomic E-state index is 12.2. The number of rotatable bonds is 8. The number of nitrogens with one attached hydrogen (secondary N) is 2. The number of benzene rings is 1. The molecule has 10 heteroatoms. The smallest absolute Gasteiger partial charge is 0.306 e. The maximum atomic E-state index is 12.2. The summed E-state index contributed by atoms with van der Waals surface area (Å²) in [5.41, 5.74) is 7.12. The van der Waals surface area contributed by atoms with Crippen molar-refractivity contribution < 1.29 is 19.1 Å². The highest BCUT2D eigenvalue weighted by atomic mass is 32.1. The normalized spacial score (nSPS) is 12.5. The van der Waals surface area contributed by atoms with Crippen LogP contribution < -0.4 is 16.6 Å². The first kappa shape index (κ1) is 21.7. The second-order valence-electron chi connectivity index (χ2n) is 7.52. The van der Waals surface area contributed by atoms with E-state index in [-0.39, 0.29) is 12.0 Å². The van der Waals surface area contributed by atoms with Gasteiger partial charge in [-0.1, -0.05) is 12.1 Å². The number of nitrogens with zero attached hydrogens (tertiary/aromatic N) is 1. The SMILES string of the molecule is NC(=O)c1c(NC(=O)COC(=O)CCCc2nc3ccccc3c(=O)[nH]2)sc2c1CCC2. The van der Waals surface area contributed by atoms with Crippen LogP contribution in [-0.4, -0.2) is 34.4 Å². The molecule has 1 aliphatic rings. The Morgan fingerprint density at radius 3 is 2.84 bits per heavy atom. The summed E-state index contributed by atoms with van der Waals surface area (Å²) in [5.74, 6) is -1.14. The lowest BCUT2D eigenvalue weighted by atomic mass is 10.1. The van der Waals surface area contributed by atoms with Crippen molar-refractivity contribution >= 4 is 45.0 Å². The molecule has 32 heavy (non-hydrogen) atoms. The number of aryl methyl sites for hydroxylation is 2. The first-order chi connectivity index (χ1) is 15.4. The van der Waals surface area contributed by atoms with Gasteiger partial charge in [0.05, 0.1) is 16.5 Å². The number of hydrogen-bond acceptors (Lipinski definition) is 7. The number of hydrogen-bond donors (Lipinski definition) is 3. The van der Waals surface area contributed by atoms with Crippen LogP contribution in [0.25, 0.3) is 10.9 Å². The van der Waals surface area contributed by atoms with E-state index in [9.17, 15) is 19.2 Å². The van der Waals surface area contributed by atoms with E-state index in [1.807, 2.05) is 0 Å². The van der Waals surface area contributed by atoms with Crippen LogP contribution in [-0.2, 0) is 33.6 Å². The minimum absolute atomic E-state index is 0.0731.